The molecule has 0 heterocycles. The second-order valence-corrected chi connectivity index (χ2v) is 3.61. The number of ether oxygens (including phenoxy) is 1. The van der Waals surface area contributed by atoms with Crippen LogP contribution in [-0.4, -0.2) is 57.4 Å². The molecule has 0 aliphatic rings. The van der Waals surface area contributed by atoms with E-state index in [4.69, 9.17) is 4.74 Å². The van der Waals surface area contributed by atoms with E-state index in [9.17, 15) is 4.79 Å². The van der Waals surface area contributed by atoms with Crippen molar-refractivity contribution in [2.75, 3.05) is 46.4 Å². The van der Waals surface area contributed by atoms with Gasteiger partial charge in [0.1, 0.15) is 0 Å². The number of likely N-dealkylation sites (N-methyl/N-ethyl adjacent to an activating group) is 1. The first-order valence-corrected chi connectivity index (χ1v) is 5.97. The second-order valence-electron chi connectivity index (χ2n) is 3.61. The number of urea groups is 1. The summed E-state index contributed by atoms with van der Waals surface area (Å²) in [6.07, 6.45) is 0.961. The molecular weight excluding hydrogens is 206 g/mol. The first kappa shape index (κ1) is 15.2. The van der Waals surface area contributed by atoms with Gasteiger partial charge in [-0.1, -0.05) is 13.8 Å². The van der Waals surface area contributed by atoms with Gasteiger partial charge in [0.15, 0.2) is 0 Å². The molecule has 0 unspecified atom stereocenters. The summed E-state index contributed by atoms with van der Waals surface area (Å²) in [5.41, 5.74) is 0. The number of methoxy groups -OCH3 is 1. The maximum absolute atomic E-state index is 11.2. The molecule has 96 valence electrons. The Labute approximate surface area is 98.5 Å². The number of carbonyl (C=O) groups is 1. The molecule has 0 saturated carbocycles. The van der Waals surface area contributed by atoms with Gasteiger partial charge >= 0.3 is 6.03 Å². The lowest BCUT2D eigenvalue weighted by Crippen LogP contribution is -2.41. The minimum Gasteiger partial charge on any atom is -0.383 e. The van der Waals surface area contributed by atoms with Crippen LogP contribution >= 0.6 is 0 Å². The van der Waals surface area contributed by atoms with Crippen LogP contribution < -0.4 is 10.6 Å². The van der Waals surface area contributed by atoms with Gasteiger partial charge in [-0.25, -0.2) is 4.79 Å². The Hall–Kier alpha value is -0.810. The number of carbonyl (C=O) groups excluding carboxylic acids is 1. The minimum absolute atomic E-state index is 0.0790. The van der Waals surface area contributed by atoms with Gasteiger partial charge < -0.3 is 15.4 Å². The van der Waals surface area contributed by atoms with E-state index >= 15 is 0 Å². The molecule has 0 aromatic heterocycles. The van der Waals surface area contributed by atoms with Crippen molar-refractivity contribution < 1.29 is 9.53 Å². The highest BCUT2D eigenvalue weighted by atomic mass is 16.5. The molecule has 0 aliphatic heterocycles. The molecule has 0 radical (unpaired) electrons. The van der Waals surface area contributed by atoms with Crippen LogP contribution in [0.5, 0.6) is 0 Å². The molecule has 0 bridgehead atoms. The van der Waals surface area contributed by atoms with Crippen molar-refractivity contribution in [1.82, 2.24) is 15.5 Å². The van der Waals surface area contributed by atoms with E-state index in [1.165, 1.54) is 0 Å². The Balaban J connectivity index is 3.49. The van der Waals surface area contributed by atoms with Crippen molar-refractivity contribution in [2.24, 2.45) is 0 Å². The molecule has 0 spiro atoms. The molecule has 0 rings (SSSR count). The zero-order valence-corrected chi connectivity index (χ0v) is 10.7. The molecule has 0 aromatic carbocycles. The number of rotatable bonds is 9. The van der Waals surface area contributed by atoms with Gasteiger partial charge in [0.2, 0.25) is 0 Å². The Morgan fingerprint density at radius 3 is 2.44 bits per heavy atom. The van der Waals surface area contributed by atoms with Crippen LogP contribution in [-0.2, 0) is 4.74 Å². The molecule has 2 amide bonds. The van der Waals surface area contributed by atoms with Gasteiger partial charge in [-0.2, -0.15) is 0 Å². The lowest BCUT2D eigenvalue weighted by atomic mass is 10.4. The summed E-state index contributed by atoms with van der Waals surface area (Å²) in [5.74, 6) is 0. The molecule has 0 fully saturated rings. The van der Waals surface area contributed by atoms with E-state index in [2.05, 4.69) is 22.5 Å². The summed E-state index contributed by atoms with van der Waals surface area (Å²) in [6, 6.07) is -0.0790. The standard InChI is InChI=1S/C11H25N3O2/c1-4-6-12-11(15)13-7-8-14(5-2)9-10-16-3/h4-10H2,1-3H3,(H2,12,13,15). The number of amides is 2. The van der Waals surface area contributed by atoms with Gasteiger partial charge in [0.25, 0.3) is 0 Å². The largest absolute Gasteiger partial charge is 0.383 e. The summed E-state index contributed by atoms with van der Waals surface area (Å²) in [7, 11) is 1.70. The fourth-order valence-electron chi connectivity index (χ4n) is 1.28. The van der Waals surface area contributed by atoms with E-state index in [1.54, 1.807) is 7.11 Å². The maximum atomic E-state index is 11.2. The van der Waals surface area contributed by atoms with Gasteiger partial charge in [-0.3, -0.25) is 4.90 Å². The molecule has 5 heteroatoms. The number of nitrogens with one attached hydrogen (secondary N) is 2. The Kier molecular flexibility index (Phi) is 10.2. The molecule has 0 aliphatic carbocycles. The zero-order valence-electron chi connectivity index (χ0n) is 10.7. The van der Waals surface area contributed by atoms with E-state index < -0.39 is 0 Å². The lowest BCUT2D eigenvalue weighted by molar-refractivity contribution is 0.151. The Morgan fingerprint density at radius 1 is 1.19 bits per heavy atom. The average Bonchev–Trinajstić information content (AvgIpc) is 2.30. The highest BCUT2D eigenvalue weighted by molar-refractivity contribution is 5.73. The highest BCUT2D eigenvalue weighted by Gasteiger charge is 2.02. The molecule has 2 N–H and O–H groups in total. The summed E-state index contributed by atoms with van der Waals surface area (Å²) >= 11 is 0. The predicted molar refractivity (Wildman–Crippen MR) is 65.7 cm³/mol. The maximum Gasteiger partial charge on any atom is 0.314 e. The highest BCUT2D eigenvalue weighted by Crippen LogP contribution is 1.86. The average molecular weight is 231 g/mol. The minimum atomic E-state index is -0.0790. The Morgan fingerprint density at radius 2 is 1.88 bits per heavy atom. The summed E-state index contributed by atoms with van der Waals surface area (Å²) in [4.78, 5) is 13.5. The van der Waals surface area contributed by atoms with Crippen LogP contribution in [0.15, 0.2) is 0 Å². The SMILES string of the molecule is CCCNC(=O)NCCN(CC)CCOC. The van der Waals surface area contributed by atoms with Crippen molar-refractivity contribution in [3.8, 4) is 0 Å². The van der Waals surface area contributed by atoms with Gasteiger partial charge in [0.05, 0.1) is 6.61 Å². The van der Waals surface area contributed by atoms with E-state index in [0.29, 0.717) is 6.54 Å². The van der Waals surface area contributed by atoms with Crippen molar-refractivity contribution in [2.45, 2.75) is 20.3 Å². The monoisotopic (exact) mass is 231 g/mol. The Bertz CT molecular complexity index is 177. The van der Waals surface area contributed by atoms with E-state index in [-0.39, 0.29) is 6.03 Å². The number of hydrogen-bond donors (Lipinski definition) is 2. The van der Waals surface area contributed by atoms with E-state index in [0.717, 1.165) is 39.2 Å². The fourth-order valence-corrected chi connectivity index (χ4v) is 1.28. The number of hydrogen-bond acceptors (Lipinski definition) is 3. The first-order chi connectivity index (χ1) is 7.74. The van der Waals surface area contributed by atoms with Crippen molar-refractivity contribution in [1.29, 1.82) is 0 Å². The number of nitrogens with zero attached hydrogens (tertiary/aromatic N) is 1. The van der Waals surface area contributed by atoms with Crippen molar-refractivity contribution in [3.63, 3.8) is 0 Å². The topological polar surface area (TPSA) is 53.6 Å². The van der Waals surface area contributed by atoms with Crippen LogP contribution in [0, 0.1) is 0 Å². The smallest absolute Gasteiger partial charge is 0.314 e. The summed E-state index contributed by atoms with van der Waals surface area (Å²) in [5, 5.41) is 5.60. The molecule has 0 saturated heterocycles. The first-order valence-electron chi connectivity index (χ1n) is 5.97. The third-order valence-corrected chi connectivity index (χ3v) is 2.31. The van der Waals surface area contributed by atoms with E-state index in [1.807, 2.05) is 6.92 Å². The molecule has 0 aromatic rings. The van der Waals surface area contributed by atoms with Crippen LogP contribution in [0.25, 0.3) is 0 Å². The van der Waals surface area contributed by atoms with Crippen LogP contribution in [0.4, 0.5) is 4.79 Å². The molecular formula is C11H25N3O2. The van der Waals surface area contributed by atoms with Crippen LogP contribution in [0.2, 0.25) is 0 Å². The normalized spacial score (nSPS) is 10.5. The quantitative estimate of drug-likeness (QED) is 0.613. The molecule has 16 heavy (non-hydrogen) atoms. The predicted octanol–water partition coefficient (Wildman–Crippen LogP) is 0.664. The lowest BCUT2D eigenvalue weighted by Gasteiger charge is -2.19. The summed E-state index contributed by atoms with van der Waals surface area (Å²) < 4.78 is 5.01. The van der Waals surface area contributed by atoms with Crippen LogP contribution in [0.3, 0.4) is 0 Å². The van der Waals surface area contributed by atoms with Crippen molar-refractivity contribution in [3.05, 3.63) is 0 Å². The van der Waals surface area contributed by atoms with Gasteiger partial charge in [-0.05, 0) is 13.0 Å². The third kappa shape index (κ3) is 8.49. The molecule has 0 atom stereocenters. The van der Waals surface area contributed by atoms with Gasteiger partial charge in [-0.15, -0.1) is 0 Å². The van der Waals surface area contributed by atoms with Crippen molar-refractivity contribution >= 4 is 6.03 Å². The fraction of sp³-hybridized carbons (Fsp3) is 0.909. The molecule has 5 nitrogen and oxygen atoms in total. The second kappa shape index (κ2) is 10.7. The van der Waals surface area contributed by atoms with Crippen LogP contribution in [0.1, 0.15) is 20.3 Å². The summed E-state index contributed by atoms with van der Waals surface area (Å²) in [6.45, 7) is 9.01. The zero-order chi connectivity index (χ0) is 12.2. The third-order valence-electron chi connectivity index (χ3n) is 2.31. The van der Waals surface area contributed by atoms with Gasteiger partial charge in [0, 0.05) is 33.3 Å².